The molecule has 0 saturated carbocycles. The lowest BCUT2D eigenvalue weighted by atomic mass is 9.97. The van der Waals surface area contributed by atoms with Crippen LogP contribution in [0.3, 0.4) is 0 Å². The molecule has 0 saturated heterocycles. The molecule has 1 unspecified atom stereocenters. The number of fused-ring (bicyclic) bond motifs is 1. The van der Waals surface area contributed by atoms with Crippen LogP contribution >= 0.6 is 11.6 Å². The van der Waals surface area contributed by atoms with Crippen molar-refractivity contribution in [3.63, 3.8) is 0 Å². The first-order valence-electron chi connectivity index (χ1n) is 6.95. The first kappa shape index (κ1) is 14.1. The van der Waals surface area contributed by atoms with Gasteiger partial charge in [-0.15, -0.1) is 0 Å². The minimum Gasteiger partial charge on any atom is -0.271 e. The van der Waals surface area contributed by atoms with Gasteiger partial charge in [-0.1, -0.05) is 60.1 Å². The van der Waals surface area contributed by atoms with E-state index >= 15 is 0 Å². The first-order valence-corrected chi connectivity index (χ1v) is 7.33. The summed E-state index contributed by atoms with van der Waals surface area (Å²) in [5.41, 5.74) is 5.30. The molecule has 3 aromatic rings. The third kappa shape index (κ3) is 3.24. The normalized spacial score (nSPS) is 12.5. The molecule has 0 aromatic heterocycles. The Hall–Kier alpha value is -1.87. The molecule has 21 heavy (non-hydrogen) atoms. The summed E-state index contributed by atoms with van der Waals surface area (Å²) >= 11 is 5.92. The fourth-order valence-electron chi connectivity index (χ4n) is 2.55. The third-order valence-corrected chi connectivity index (χ3v) is 3.98. The zero-order valence-electron chi connectivity index (χ0n) is 11.6. The van der Waals surface area contributed by atoms with Crippen LogP contribution in [0.15, 0.2) is 66.7 Å². The SMILES string of the molecule is NNC(Cc1ccc(Cl)cc1)c1ccc2ccccc2c1. The molecule has 0 aliphatic carbocycles. The minimum absolute atomic E-state index is 0.0794. The fourth-order valence-corrected chi connectivity index (χ4v) is 2.68. The van der Waals surface area contributed by atoms with E-state index < -0.39 is 0 Å². The Morgan fingerprint density at radius 1 is 0.905 bits per heavy atom. The first-order chi connectivity index (χ1) is 10.3. The number of benzene rings is 3. The van der Waals surface area contributed by atoms with Gasteiger partial charge in [-0.3, -0.25) is 11.3 Å². The van der Waals surface area contributed by atoms with E-state index in [0.717, 1.165) is 11.4 Å². The number of hydrogen-bond donors (Lipinski definition) is 2. The lowest BCUT2D eigenvalue weighted by molar-refractivity contribution is 0.552. The van der Waals surface area contributed by atoms with E-state index in [-0.39, 0.29) is 6.04 Å². The second-order valence-electron chi connectivity index (χ2n) is 5.16. The number of rotatable bonds is 4. The molecular formula is C18H17ClN2. The zero-order chi connectivity index (χ0) is 14.7. The summed E-state index contributed by atoms with van der Waals surface area (Å²) in [5.74, 6) is 5.75. The number of hydrazine groups is 1. The van der Waals surface area contributed by atoms with E-state index in [0.29, 0.717) is 0 Å². The summed E-state index contributed by atoms with van der Waals surface area (Å²) in [7, 11) is 0. The molecule has 3 heteroatoms. The average molecular weight is 297 g/mol. The second kappa shape index (κ2) is 6.27. The molecule has 0 amide bonds. The van der Waals surface area contributed by atoms with E-state index in [9.17, 15) is 0 Å². The predicted molar refractivity (Wildman–Crippen MR) is 89.2 cm³/mol. The van der Waals surface area contributed by atoms with Crippen molar-refractivity contribution in [1.82, 2.24) is 5.43 Å². The summed E-state index contributed by atoms with van der Waals surface area (Å²) in [4.78, 5) is 0. The molecule has 1 atom stereocenters. The molecular weight excluding hydrogens is 280 g/mol. The van der Waals surface area contributed by atoms with Crippen molar-refractivity contribution >= 4 is 22.4 Å². The highest BCUT2D eigenvalue weighted by atomic mass is 35.5. The molecule has 106 valence electrons. The van der Waals surface area contributed by atoms with Crippen LogP contribution in [-0.2, 0) is 6.42 Å². The van der Waals surface area contributed by atoms with Gasteiger partial charge in [-0.2, -0.15) is 0 Å². The summed E-state index contributed by atoms with van der Waals surface area (Å²) in [5, 5.41) is 3.22. The summed E-state index contributed by atoms with van der Waals surface area (Å²) < 4.78 is 0. The third-order valence-electron chi connectivity index (χ3n) is 3.73. The van der Waals surface area contributed by atoms with Crippen molar-refractivity contribution in [2.45, 2.75) is 12.5 Å². The van der Waals surface area contributed by atoms with Crippen LogP contribution in [0, 0.1) is 0 Å². The number of hydrogen-bond acceptors (Lipinski definition) is 2. The maximum Gasteiger partial charge on any atom is 0.0500 e. The van der Waals surface area contributed by atoms with Gasteiger partial charge in [0.2, 0.25) is 0 Å². The highest BCUT2D eigenvalue weighted by molar-refractivity contribution is 6.30. The van der Waals surface area contributed by atoms with Crippen LogP contribution in [0.4, 0.5) is 0 Å². The average Bonchev–Trinajstić information content (AvgIpc) is 2.54. The van der Waals surface area contributed by atoms with Gasteiger partial charge in [0.05, 0.1) is 6.04 Å². The van der Waals surface area contributed by atoms with Gasteiger partial charge in [-0.05, 0) is 46.5 Å². The van der Waals surface area contributed by atoms with E-state index in [4.69, 9.17) is 17.4 Å². The maximum atomic E-state index is 5.92. The summed E-state index contributed by atoms with van der Waals surface area (Å²) in [6, 6.07) is 22.8. The van der Waals surface area contributed by atoms with Gasteiger partial charge >= 0.3 is 0 Å². The monoisotopic (exact) mass is 296 g/mol. The van der Waals surface area contributed by atoms with Crippen molar-refractivity contribution in [2.24, 2.45) is 5.84 Å². The molecule has 3 aromatic carbocycles. The molecule has 0 fully saturated rings. The lowest BCUT2D eigenvalue weighted by Gasteiger charge is -2.17. The second-order valence-corrected chi connectivity index (χ2v) is 5.59. The molecule has 3 N–H and O–H groups in total. The Labute approximate surface area is 129 Å². The largest absolute Gasteiger partial charge is 0.271 e. The van der Waals surface area contributed by atoms with Crippen LogP contribution in [0.1, 0.15) is 17.2 Å². The Morgan fingerprint density at radius 3 is 2.33 bits per heavy atom. The van der Waals surface area contributed by atoms with Gasteiger partial charge < -0.3 is 0 Å². The predicted octanol–water partition coefficient (Wildman–Crippen LogP) is 4.24. The summed E-state index contributed by atoms with van der Waals surface area (Å²) in [6.45, 7) is 0. The lowest BCUT2D eigenvalue weighted by Crippen LogP contribution is -2.29. The van der Waals surface area contributed by atoms with Gasteiger partial charge in [-0.25, -0.2) is 0 Å². The highest BCUT2D eigenvalue weighted by Gasteiger charge is 2.11. The van der Waals surface area contributed by atoms with Crippen molar-refractivity contribution in [1.29, 1.82) is 0 Å². The van der Waals surface area contributed by atoms with Gasteiger partial charge in [0.15, 0.2) is 0 Å². The quantitative estimate of drug-likeness (QED) is 0.558. The van der Waals surface area contributed by atoms with E-state index in [1.54, 1.807) is 0 Å². The van der Waals surface area contributed by atoms with Crippen LogP contribution in [-0.4, -0.2) is 0 Å². The van der Waals surface area contributed by atoms with E-state index in [1.165, 1.54) is 21.9 Å². The van der Waals surface area contributed by atoms with Gasteiger partial charge in [0, 0.05) is 5.02 Å². The fraction of sp³-hybridized carbons (Fsp3) is 0.111. The molecule has 0 aliphatic heterocycles. The van der Waals surface area contributed by atoms with E-state index in [2.05, 4.69) is 41.8 Å². The molecule has 0 radical (unpaired) electrons. The summed E-state index contributed by atoms with van der Waals surface area (Å²) in [6.07, 6.45) is 0.825. The topological polar surface area (TPSA) is 38.0 Å². The van der Waals surface area contributed by atoms with Crippen molar-refractivity contribution in [3.8, 4) is 0 Å². The standard InChI is InChI=1S/C18H17ClN2/c19-17-9-5-13(6-10-17)11-18(21-20)16-8-7-14-3-1-2-4-15(14)12-16/h1-10,12,18,21H,11,20H2. The zero-order valence-corrected chi connectivity index (χ0v) is 12.3. The molecule has 3 rings (SSSR count). The molecule has 0 aliphatic rings. The van der Waals surface area contributed by atoms with Crippen LogP contribution in [0.25, 0.3) is 10.8 Å². The molecule has 2 nitrogen and oxygen atoms in total. The van der Waals surface area contributed by atoms with Crippen LogP contribution in [0.5, 0.6) is 0 Å². The minimum atomic E-state index is 0.0794. The van der Waals surface area contributed by atoms with Crippen LogP contribution < -0.4 is 11.3 Å². The van der Waals surface area contributed by atoms with Gasteiger partial charge in [0.1, 0.15) is 0 Å². The Balaban J connectivity index is 1.88. The van der Waals surface area contributed by atoms with Crippen molar-refractivity contribution in [3.05, 3.63) is 82.9 Å². The van der Waals surface area contributed by atoms with Crippen molar-refractivity contribution < 1.29 is 0 Å². The van der Waals surface area contributed by atoms with Gasteiger partial charge in [0.25, 0.3) is 0 Å². The van der Waals surface area contributed by atoms with Crippen molar-refractivity contribution in [2.75, 3.05) is 0 Å². The molecule has 0 spiro atoms. The van der Waals surface area contributed by atoms with E-state index in [1.807, 2.05) is 30.3 Å². The smallest absolute Gasteiger partial charge is 0.0500 e. The molecule has 0 bridgehead atoms. The Morgan fingerprint density at radius 2 is 1.62 bits per heavy atom. The highest BCUT2D eigenvalue weighted by Crippen LogP contribution is 2.23. The van der Waals surface area contributed by atoms with Crippen LogP contribution in [0.2, 0.25) is 5.02 Å². The maximum absolute atomic E-state index is 5.92. The Bertz CT molecular complexity index is 738. The number of nitrogens with one attached hydrogen (secondary N) is 1. The number of halogens is 1. The number of nitrogens with two attached hydrogens (primary N) is 1. The Kier molecular flexibility index (Phi) is 4.20. The molecule has 0 heterocycles.